The van der Waals surface area contributed by atoms with Crippen molar-refractivity contribution in [3.63, 3.8) is 0 Å². The van der Waals surface area contributed by atoms with Crippen LogP contribution in [0.4, 0.5) is 5.69 Å². The third-order valence-corrected chi connectivity index (χ3v) is 3.06. The van der Waals surface area contributed by atoms with Gasteiger partial charge in [0.1, 0.15) is 5.75 Å². The molecule has 2 rings (SSSR count). The lowest BCUT2D eigenvalue weighted by atomic mass is 10.0. The Morgan fingerprint density at radius 3 is 2.84 bits per heavy atom. The number of piperazine rings is 1. The van der Waals surface area contributed by atoms with Crippen LogP contribution in [0.25, 0.3) is 0 Å². The predicted molar refractivity (Wildman–Crippen MR) is 73.4 cm³/mol. The van der Waals surface area contributed by atoms with Crippen LogP contribution in [-0.2, 0) is 9.53 Å². The molecule has 0 aliphatic carbocycles. The number of hydrogen-bond donors (Lipinski definition) is 1. The van der Waals surface area contributed by atoms with E-state index >= 15 is 0 Å². The molecular weight excluding hydrogens is 244 g/mol. The minimum absolute atomic E-state index is 0.0489. The lowest BCUT2D eigenvalue weighted by molar-refractivity contribution is -0.119. The molecule has 0 aromatic heterocycles. The smallest absolute Gasteiger partial charge is 0.241 e. The number of nitrogens with one attached hydrogen (secondary N) is 1. The normalized spacial score (nSPS) is 18.5. The quantitative estimate of drug-likeness (QED) is 0.835. The highest BCUT2D eigenvalue weighted by Crippen LogP contribution is 2.30. The SMILES string of the molecule is COCOc1ccccc1N1CC(C)(C)NCC1=O. The van der Waals surface area contributed by atoms with Crippen molar-refractivity contribution in [3.05, 3.63) is 24.3 Å². The Balaban J connectivity index is 2.26. The molecule has 0 bridgehead atoms. The van der Waals surface area contributed by atoms with E-state index in [1.54, 1.807) is 12.0 Å². The van der Waals surface area contributed by atoms with E-state index in [0.29, 0.717) is 18.8 Å². The van der Waals surface area contributed by atoms with Crippen LogP contribution in [-0.4, -0.2) is 38.4 Å². The Labute approximate surface area is 113 Å². The van der Waals surface area contributed by atoms with E-state index in [1.807, 2.05) is 24.3 Å². The molecule has 0 radical (unpaired) electrons. The van der Waals surface area contributed by atoms with Crippen LogP contribution in [0.1, 0.15) is 13.8 Å². The summed E-state index contributed by atoms with van der Waals surface area (Å²) in [6, 6.07) is 7.52. The Hall–Kier alpha value is -1.59. The summed E-state index contributed by atoms with van der Waals surface area (Å²) in [7, 11) is 1.57. The van der Waals surface area contributed by atoms with Gasteiger partial charge in [-0.15, -0.1) is 0 Å². The molecule has 0 saturated carbocycles. The van der Waals surface area contributed by atoms with Gasteiger partial charge in [-0.25, -0.2) is 0 Å². The Morgan fingerprint density at radius 2 is 2.11 bits per heavy atom. The van der Waals surface area contributed by atoms with Crippen molar-refractivity contribution in [2.45, 2.75) is 19.4 Å². The third-order valence-electron chi connectivity index (χ3n) is 3.06. The molecule has 1 fully saturated rings. The van der Waals surface area contributed by atoms with Crippen LogP contribution in [0, 0.1) is 0 Å². The molecule has 0 spiro atoms. The molecule has 1 aromatic carbocycles. The van der Waals surface area contributed by atoms with E-state index in [2.05, 4.69) is 19.2 Å². The van der Waals surface area contributed by atoms with Crippen molar-refractivity contribution in [1.82, 2.24) is 5.32 Å². The number of ether oxygens (including phenoxy) is 2. The number of methoxy groups -OCH3 is 1. The van der Waals surface area contributed by atoms with Crippen LogP contribution < -0.4 is 15.0 Å². The third kappa shape index (κ3) is 3.24. The van der Waals surface area contributed by atoms with Crippen LogP contribution in [0.15, 0.2) is 24.3 Å². The molecular formula is C14H20N2O3. The van der Waals surface area contributed by atoms with Crippen molar-refractivity contribution < 1.29 is 14.3 Å². The van der Waals surface area contributed by atoms with Gasteiger partial charge in [0.05, 0.1) is 12.2 Å². The summed E-state index contributed by atoms with van der Waals surface area (Å²) in [5, 5.41) is 3.21. The standard InChI is InChI=1S/C14H20N2O3/c1-14(2)9-16(13(17)8-15-14)11-6-4-5-7-12(11)19-10-18-3/h4-7,15H,8-10H2,1-3H3. The first kappa shape index (κ1) is 13.8. The fourth-order valence-electron chi connectivity index (χ4n) is 2.09. The van der Waals surface area contributed by atoms with E-state index in [1.165, 1.54) is 0 Å². The molecule has 1 heterocycles. The van der Waals surface area contributed by atoms with Crippen molar-refractivity contribution in [1.29, 1.82) is 0 Å². The van der Waals surface area contributed by atoms with Crippen LogP contribution in [0.3, 0.4) is 0 Å². The van der Waals surface area contributed by atoms with Gasteiger partial charge >= 0.3 is 0 Å². The van der Waals surface area contributed by atoms with Gasteiger partial charge in [-0.2, -0.15) is 0 Å². The molecule has 1 amide bonds. The highest BCUT2D eigenvalue weighted by Gasteiger charge is 2.32. The second kappa shape index (κ2) is 5.59. The molecule has 1 aliphatic heterocycles. The monoisotopic (exact) mass is 264 g/mol. The first-order chi connectivity index (χ1) is 9.03. The average Bonchev–Trinajstić information content (AvgIpc) is 2.40. The molecule has 1 aliphatic rings. The van der Waals surface area contributed by atoms with Gasteiger partial charge in [0.15, 0.2) is 6.79 Å². The average molecular weight is 264 g/mol. The fourth-order valence-corrected chi connectivity index (χ4v) is 2.09. The number of anilines is 1. The molecule has 0 unspecified atom stereocenters. The van der Waals surface area contributed by atoms with E-state index in [9.17, 15) is 4.79 Å². The first-order valence-electron chi connectivity index (χ1n) is 6.30. The molecule has 0 atom stereocenters. The summed E-state index contributed by atoms with van der Waals surface area (Å²) >= 11 is 0. The van der Waals surface area contributed by atoms with Gasteiger partial charge in [-0.1, -0.05) is 12.1 Å². The van der Waals surface area contributed by atoms with E-state index in [0.717, 1.165) is 5.69 Å². The zero-order chi connectivity index (χ0) is 13.9. The van der Waals surface area contributed by atoms with Crippen molar-refractivity contribution in [2.75, 3.05) is 31.9 Å². The molecule has 19 heavy (non-hydrogen) atoms. The fraction of sp³-hybridized carbons (Fsp3) is 0.500. The van der Waals surface area contributed by atoms with Crippen molar-refractivity contribution in [2.24, 2.45) is 0 Å². The number of para-hydroxylation sites is 2. The number of amides is 1. The van der Waals surface area contributed by atoms with Gasteiger partial charge in [0, 0.05) is 19.2 Å². The summed E-state index contributed by atoms with van der Waals surface area (Å²) < 4.78 is 10.4. The zero-order valence-corrected chi connectivity index (χ0v) is 11.6. The molecule has 1 aromatic rings. The van der Waals surface area contributed by atoms with Gasteiger partial charge in [0.2, 0.25) is 5.91 Å². The first-order valence-corrected chi connectivity index (χ1v) is 6.30. The molecule has 104 valence electrons. The maximum absolute atomic E-state index is 12.1. The molecule has 5 nitrogen and oxygen atoms in total. The summed E-state index contributed by atoms with van der Waals surface area (Å²) in [6.45, 7) is 5.27. The minimum atomic E-state index is -0.109. The van der Waals surface area contributed by atoms with Crippen molar-refractivity contribution in [3.8, 4) is 5.75 Å². The van der Waals surface area contributed by atoms with Gasteiger partial charge < -0.3 is 19.7 Å². The number of rotatable bonds is 4. The zero-order valence-electron chi connectivity index (χ0n) is 11.6. The number of carbonyl (C=O) groups excluding carboxylic acids is 1. The lowest BCUT2D eigenvalue weighted by Gasteiger charge is -2.39. The highest BCUT2D eigenvalue weighted by atomic mass is 16.7. The van der Waals surface area contributed by atoms with Gasteiger partial charge in [-0.05, 0) is 26.0 Å². The lowest BCUT2D eigenvalue weighted by Crippen LogP contribution is -2.60. The summed E-state index contributed by atoms with van der Waals surface area (Å²) in [5.41, 5.74) is 0.682. The minimum Gasteiger partial charge on any atom is -0.465 e. The van der Waals surface area contributed by atoms with E-state index in [-0.39, 0.29) is 18.2 Å². The summed E-state index contributed by atoms with van der Waals surface area (Å²) in [6.07, 6.45) is 0. The Morgan fingerprint density at radius 1 is 1.37 bits per heavy atom. The maximum Gasteiger partial charge on any atom is 0.241 e. The Kier molecular flexibility index (Phi) is 4.07. The second-order valence-electron chi connectivity index (χ2n) is 5.24. The van der Waals surface area contributed by atoms with Crippen LogP contribution in [0.2, 0.25) is 0 Å². The summed E-state index contributed by atoms with van der Waals surface area (Å²) in [4.78, 5) is 13.9. The molecule has 1 saturated heterocycles. The number of nitrogens with zero attached hydrogens (tertiary/aromatic N) is 1. The molecule has 5 heteroatoms. The predicted octanol–water partition coefficient (Wildman–Crippen LogP) is 1.38. The van der Waals surface area contributed by atoms with Crippen LogP contribution in [0.5, 0.6) is 5.75 Å². The number of benzene rings is 1. The topological polar surface area (TPSA) is 50.8 Å². The largest absolute Gasteiger partial charge is 0.465 e. The van der Waals surface area contributed by atoms with E-state index < -0.39 is 0 Å². The van der Waals surface area contributed by atoms with Crippen molar-refractivity contribution >= 4 is 11.6 Å². The number of hydrogen-bond acceptors (Lipinski definition) is 4. The van der Waals surface area contributed by atoms with Gasteiger partial charge in [0.25, 0.3) is 0 Å². The van der Waals surface area contributed by atoms with Gasteiger partial charge in [-0.3, -0.25) is 4.79 Å². The summed E-state index contributed by atoms with van der Waals surface area (Å²) in [5.74, 6) is 0.711. The highest BCUT2D eigenvalue weighted by molar-refractivity contribution is 5.97. The molecule has 1 N–H and O–H groups in total. The number of carbonyl (C=O) groups is 1. The second-order valence-corrected chi connectivity index (χ2v) is 5.24. The maximum atomic E-state index is 12.1. The van der Waals surface area contributed by atoms with E-state index in [4.69, 9.17) is 9.47 Å². The van der Waals surface area contributed by atoms with Crippen LogP contribution >= 0.6 is 0 Å². The Bertz CT molecular complexity index is 460.